The summed E-state index contributed by atoms with van der Waals surface area (Å²) in [6.07, 6.45) is 2.07. The summed E-state index contributed by atoms with van der Waals surface area (Å²) >= 11 is 0. The summed E-state index contributed by atoms with van der Waals surface area (Å²) in [7, 11) is 0. The Morgan fingerprint density at radius 1 is 1.00 bits per heavy atom. The summed E-state index contributed by atoms with van der Waals surface area (Å²) in [5.41, 5.74) is 4.92. The summed E-state index contributed by atoms with van der Waals surface area (Å²) in [4.78, 5) is 13.2. The Balaban J connectivity index is 1.94. The Kier molecular flexibility index (Phi) is 5.89. The lowest BCUT2D eigenvalue weighted by Crippen LogP contribution is -2.06. The number of carbonyl (C=O) groups excluding carboxylic acids is 1. The van der Waals surface area contributed by atoms with Crippen molar-refractivity contribution >= 4 is 16.7 Å². The summed E-state index contributed by atoms with van der Waals surface area (Å²) in [5, 5.41) is 1.04. The first-order chi connectivity index (χ1) is 12.6. The van der Waals surface area contributed by atoms with Crippen LogP contribution < -0.4 is 0 Å². The van der Waals surface area contributed by atoms with Crippen molar-refractivity contribution in [3.8, 4) is 0 Å². The molecule has 0 amide bonds. The molecule has 0 bridgehead atoms. The van der Waals surface area contributed by atoms with E-state index >= 15 is 0 Å². The number of hydrogen-bond donors (Lipinski definition) is 0. The summed E-state index contributed by atoms with van der Waals surface area (Å²) < 4.78 is 7.72. The monoisotopic (exact) mass is 349 g/mol. The van der Waals surface area contributed by atoms with E-state index in [0.29, 0.717) is 0 Å². The lowest BCUT2D eigenvalue weighted by atomic mass is 10.00. The van der Waals surface area contributed by atoms with E-state index in [2.05, 4.69) is 23.6 Å². The molecule has 0 aliphatic rings. The molecule has 0 unspecified atom stereocenters. The summed E-state index contributed by atoms with van der Waals surface area (Å²) in [5.74, 6) is 0.103. The minimum Gasteiger partial charge on any atom is -0.382 e. The summed E-state index contributed by atoms with van der Waals surface area (Å²) in [6.45, 7) is 8.58. The Hall–Kier alpha value is -2.39. The quantitative estimate of drug-likeness (QED) is 0.408. The molecule has 0 spiro atoms. The number of benzene rings is 2. The van der Waals surface area contributed by atoms with E-state index < -0.39 is 0 Å². The van der Waals surface area contributed by atoms with Crippen molar-refractivity contribution in [2.45, 2.75) is 40.2 Å². The fourth-order valence-corrected chi connectivity index (χ4v) is 3.47. The third-order valence-electron chi connectivity index (χ3n) is 4.90. The smallest absolute Gasteiger partial charge is 0.195 e. The molecule has 0 radical (unpaired) electrons. The van der Waals surface area contributed by atoms with E-state index in [1.54, 1.807) is 0 Å². The van der Waals surface area contributed by atoms with Gasteiger partial charge in [0, 0.05) is 41.9 Å². The SMILES string of the molecule is CCOCCCCn1c(C)c(C(=O)c2ccc(C)cc2)c2ccccc21. The molecule has 0 N–H and O–H groups in total. The molecule has 0 fully saturated rings. The first-order valence-corrected chi connectivity index (χ1v) is 9.40. The number of para-hydroxylation sites is 1. The number of aromatic nitrogens is 1. The van der Waals surface area contributed by atoms with Gasteiger partial charge in [0.1, 0.15) is 0 Å². The molecule has 0 atom stereocenters. The van der Waals surface area contributed by atoms with Crippen LogP contribution in [0.4, 0.5) is 0 Å². The van der Waals surface area contributed by atoms with Gasteiger partial charge in [0.15, 0.2) is 5.78 Å². The second-order valence-corrected chi connectivity index (χ2v) is 6.73. The maximum absolute atomic E-state index is 13.2. The topological polar surface area (TPSA) is 31.2 Å². The average Bonchev–Trinajstić information content (AvgIpc) is 2.93. The highest BCUT2D eigenvalue weighted by atomic mass is 16.5. The molecule has 136 valence electrons. The Morgan fingerprint density at radius 3 is 2.46 bits per heavy atom. The van der Waals surface area contributed by atoms with Crippen LogP contribution >= 0.6 is 0 Å². The van der Waals surface area contributed by atoms with E-state index in [0.717, 1.165) is 65.9 Å². The molecule has 2 aromatic carbocycles. The van der Waals surface area contributed by atoms with E-state index in [-0.39, 0.29) is 5.78 Å². The van der Waals surface area contributed by atoms with Crippen molar-refractivity contribution in [1.29, 1.82) is 0 Å². The third-order valence-corrected chi connectivity index (χ3v) is 4.90. The van der Waals surface area contributed by atoms with Gasteiger partial charge in [-0.25, -0.2) is 0 Å². The maximum atomic E-state index is 13.2. The third kappa shape index (κ3) is 3.73. The van der Waals surface area contributed by atoms with Gasteiger partial charge in [0.25, 0.3) is 0 Å². The number of fused-ring (bicyclic) bond motifs is 1. The molecule has 3 nitrogen and oxygen atoms in total. The molecule has 3 rings (SSSR count). The number of nitrogens with zero attached hydrogens (tertiary/aromatic N) is 1. The number of unbranched alkanes of at least 4 members (excludes halogenated alkanes) is 1. The standard InChI is InChI=1S/C23H27NO2/c1-4-26-16-8-7-15-24-18(3)22(20-9-5-6-10-21(20)24)23(25)19-13-11-17(2)12-14-19/h5-6,9-14H,4,7-8,15-16H2,1-3H3. The number of ketones is 1. The highest BCUT2D eigenvalue weighted by molar-refractivity contribution is 6.17. The van der Waals surface area contributed by atoms with Gasteiger partial charge in [-0.3, -0.25) is 4.79 Å². The van der Waals surface area contributed by atoms with Crippen LogP contribution in [-0.4, -0.2) is 23.6 Å². The fourth-order valence-electron chi connectivity index (χ4n) is 3.47. The first-order valence-electron chi connectivity index (χ1n) is 9.40. The normalized spacial score (nSPS) is 11.2. The maximum Gasteiger partial charge on any atom is 0.195 e. The van der Waals surface area contributed by atoms with Gasteiger partial charge < -0.3 is 9.30 Å². The molecule has 0 saturated heterocycles. The second kappa shape index (κ2) is 8.33. The predicted molar refractivity (Wildman–Crippen MR) is 107 cm³/mol. The molecule has 0 aliphatic heterocycles. The first kappa shape index (κ1) is 18.4. The Morgan fingerprint density at radius 2 is 1.73 bits per heavy atom. The van der Waals surface area contributed by atoms with Crippen LogP contribution in [0.25, 0.3) is 10.9 Å². The average molecular weight is 349 g/mol. The van der Waals surface area contributed by atoms with Crippen molar-refractivity contribution in [1.82, 2.24) is 4.57 Å². The van der Waals surface area contributed by atoms with Crippen LogP contribution in [0.5, 0.6) is 0 Å². The van der Waals surface area contributed by atoms with E-state index in [4.69, 9.17) is 4.74 Å². The van der Waals surface area contributed by atoms with Gasteiger partial charge in [-0.2, -0.15) is 0 Å². The van der Waals surface area contributed by atoms with Crippen LogP contribution in [-0.2, 0) is 11.3 Å². The zero-order chi connectivity index (χ0) is 18.5. The highest BCUT2D eigenvalue weighted by Gasteiger charge is 2.20. The number of rotatable bonds is 8. The van der Waals surface area contributed by atoms with Gasteiger partial charge in [-0.15, -0.1) is 0 Å². The van der Waals surface area contributed by atoms with Gasteiger partial charge >= 0.3 is 0 Å². The molecule has 26 heavy (non-hydrogen) atoms. The van der Waals surface area contributed by atoms with Crippen molar-refractivity contribution in [3.05, 3.63) is 70.9 Å². The largest absolute Gasteiger partial charge is 0.382 e. The zero-order valence-corrected chi connectivity index (χ0v) is 15.9. The van der Waals surface area contributed by atoms with Crippen molar-refractivity contribution < 1.29 is 9.53 Å². The molecule has 3 heteroatoms. The minimum absolute atomic E-state index is 0.103. The van der Waals surface area contributed by atoms with Crippen LogP contribution in [0.1, 0.15) is 46.9 Å². The number of aryl methyl sites for hydroxylation is 2. The molecule has 1 heterocycles. The lowest BCUT2D eigenvalue weighted by molar-refractivity contribution is 0.103. The number of carbonyl (C=O) groups is 1. The number of ether oxygens (including phenoxy) is 1. The van der Waals surface area contributed by atoms with Crippen LogP contribution in [0.3, 0.4) is 0 Å². The van der Waals surface area contributed by atoms with Crippen LogP contribution in [0.2, 0.25) is 0 Å². The fraction of sp³-hybridized carbons (Fsp3) is 0.348. The molecular weight excluding hydrogens is 322 g/mol. The second-order valence-electron chi connectivity index (χ2n) is 6.73. The zero-order valence-electron chi connectivity index (χ0n) is 15.9. The van der Waals surface area contributed by atoms with E-state index in [1.807, 2.05) is 50.2 Å². The number of hydrogen-bond acceptors (Lipinski definition) is 2. The summed E-state index contributed by atoms with van der Waals surface area (Å²) in [6, 6.07) is 16.0. The van der Waals surface area contributed by atoms with Gasteiger partial charge in [-0.1, -0.05) is 48.0 Å². The van der Waals surface area contributed by atoms with E-state index in [1.165, 1.54) is 0 Å². The van der Waals surface area contributed by atoms with Gasteiger partial charge in [0.05, 0.1) is 5.56 Å². The van der Waals surface area contributed by atoms with Crippen molar-refractivity contribution in [3.63, 3.8) is 0 Å². The highest BCUT2D eigenvalue weighted by Crippen LogP contribution is 2.28. The Bertz CT molecular complexity index is 890. The molecule has 0 saturated carbocycles. The van der Waals surface area contributed by atoms with Crippen molar-refractivity contribution in [2.24, 2.45) is 0 Å². The molecule has 1 aromatic heterocycles. The van der Waals surface area contributed by atoms with Crippen LogP contribution in [0, 0.1) is 13.8 Å². The van der Waals surface area contributed by atoms with Crippen molar-refractivity contribution in [2.75, 3.05) is 13.2 Å². The molecule has 3 aromatic rings. The molecular formula is C23H27NO2. The lowest BCUT2D eigenvalue weighted by Gasteiger charge is -2.09. The predicted octanol–water partition coefficient (Wildman–Crippen LogP) is 5.31. The van der Waals surface area contributed by atoms with Gasteiger partial charge in [-0.05, 0) is 39.7 Å². The minimum atomic E-state index is 0.103. The molecule has 0 aliphatic carbocycles. The Labute approximate surface area is 155 Å². The van der Waals surface area contributed by atoms with E-state index in [9.17, 15) is 4.79 Å². The van der Waals surface area contributed by atoms with Gasteiger partial charge in [0.2, 0.25) is 0 Å². The van der Waals surface area contributed by atoms with Crippen LogP contribution in [0.15, 0.2) is 48.5 Å².